The second-order valence-electron chi connectivity index (χ2n) is 5.03. The van der Waals surface area contributed by atoms with Crippen molar-refractivity contribution >= 4 is 17.3 Å². The van der Waals surface area contributed by atoms with Gasteiger partial charge in [-0.2, -0.15) is 0 Å². The van der Waals surface area contributed by atoms with Crippen LogP contribution in [0.1, 0.15) is 0 Å². The molecule has 0 unspecified atom stereocenters. The van der Waals surface area contributed by atoms with Crippen LogP contribution in [-0.2, 0) is 0 Å². The molecule has 0 aliphatic carbocycles. The quantitative estimate of drug-likeness (QED) is 0.717. The second kappa shape index (κ2) is 6.29. The van der Waals surface area contributed by atoms with E-state index in [1.807, 2.05) is 23.6 Å². The third-order valence-corrected chi connectivity index (χ3v) is 4.29. The summed E-state index contributed by atoms with van der Waals surface area (Å²) in [6, 6.07) is 5.81. The van der Waals surface area contributed by atoms with Gasteiger partial charge >= 0.3 is 0 Å². The Morgan fingerprint density at radius 1 is 1.25 bits per heavy atom. The Bertz CT molecular complexity index is 880. The SMILES string of the molecule is C=CCNc1ncc(-c2ccc3c(c2)OCO3)c(-c2nccs2)n1. The van der Waals surface area contributed by atoms with Gasteiger partial charge in [0.05, 0.1) is 0 Å². The zero-order valence-corrected chi connectivity index (χ0v) is 13.5. The second-order valence-corrected chi connectivity index (χ2v) is 5.93. The summed E-state index contributed by atoms with van der Waals surface area (Å²) in [7, 11) is 0. The minimum absolute atomic E-state index is 0.249. The Hall–Kier alpha value is -2.93. The van der Waals surface area contributed by atoms with Gasteiger partial charge in [0.1, 0.15) is 10.7 Å². The third kappa shape index (κ3) is 2.69. The third-order valence-electron chi connectivity index (χ3n) is 3.51. The average Bonchev–Trinajstić information content (AvgIpc) is 3.30. The lowest BCUT2D eigenvalue weighted by atomic mass is 10.1. The monoisotopic (exact) mass is 338 g/mol. The summed E-state index contributed by atoms with van der Waals surface area (Å²) < 4.78 is 10.8. The van der Waals surface area contributed by atoms with E-state index in [0.29, 0.717) is 12.5 Å². The predicted molar refractivity (Wildman–Crippen MR) is 93.4 cm³/mol. The molecule has 0 radical (unpaired) electrons. The number of nitrogens with zero attached hydrogens (tertiary/aromatic N) is 3. The first kappa shape index (κ1) is 14.6. The molecule has 0 fully saturated rings. The van der Waals surface area contributed by atoms with E-state index in [-0.39, 0.29) is 6.79 Å². The van der Waals surface area contributed by atoms with E-state index in [1.165, 1.54) is 11.3 Å². The summed E-state index contributed by atoms with van der Waals surface area (Å²) in [6.07, 6.45) is 5.33. The van der Waals surface area contributed by atoms with Gasteiger partial charge in [0.2, 0.25) is 12.7 Å². The fraction of sp³-hybridized carbons (Fsp3) is 0.118. The molecule has 0 spiro atoms. The van der Waals surface area contributed by atoms with Crippen LogP contribution in [0.2, 0.25) is 0 Å². The van der Waals surface area contributed by atoms with Crippen LogP contribution in [0, 0.1) is 0 Å². The fourth-order valence-electron chi connectivity index (χ4n) is 2.41. The summed E-state index contributed by atoms with van der Waals surface area (Å²) in [5, 5.41) is 5.88. The van der Waals surface area contributed by atoms with Crippen LogP contribution in [0.3, 0.4) is 0 Å². The lowest BCUT2D eigenvalue weighted by Gasteiger charge is -2.10. The molecule has 1 aromatic carbocycles. The molecule has 1 N–H and O–H groups in total. The smallest absolute Gasteiger partial charge is 0.231 e. The minimum atomic E-state index is 0.249. The number of ether oxygens (including phenoxy) is 2. The number of hydrogen-bond acceptors (Lipinski definition) is 7. The highest BCUT2D eigenvalue weighted by atomic mass is 32.1. The number of benzene rings is 1. The Morgan fingerprint density at radius 2 is 2.17 bits per heavy atom. The van der Waals surface area contributed by atoms with Crippen LogP contribution in [-0.4, -0.2) is 28.3 Å². The van der Waals surface area contributed by atoms with Crippen molar-refractivity contribution in [1.82, 2.24) is 15.0 Å². The Kier molecular flexibility index (Phi) is 3.84. The van der Waals surface area contributed by atoms with Gasteiger partial charge in [-0.05, 0) is 17.7 Å². The molecule has 4 rings (SSSR count). The first-order valence-electron chi connectivity index (χ1n) is 7.37. The highest BCUT2D eigenvalue weighted by Crippen LogP contribution is 2.38. The van der Waals surface area contributed by atoms with Gasteiger partial charge < -0.3 is 14.8 Å². The Labute approximate surface area is 142 Å². The maximum Gasteiger partial charge on any atom is 0.231 e. The number of nitrogens with one attached hydrogen (secondary N) is 1. The van der Waals surface area contributed by atoms with E-state index >= 15 is 0 Å². The van der Waals surface area contributed by atoms with Gasteiger partial charge in [-0.25, -0.2) is 15.0 Å². The van der Waals surface area contributed by atoms with Crippen molar-refractivity contribution < 1.29 is 9.47 Å². The summed E-state index contributed by atoms with van der Waals surface area (Å²) in [5.41, 5.74) is 2.64. The number of aromatic nitrogens is 3. The van der Waals surface area contributed by atoms with E-state index in [0.717, 1.165) is 33.3 Å². The fourth-order valence-corrected chi connectivity index (χ4v) is 3.05. The van der Waals surface area contributed by atoms with E-state index in [4.69, 9.17) is 9.47 Å². The lowest BCUT2D eigenvalue weighted by Crippen LogP contribution is -2.04. The predicted octanol–water partition coefficient (Wildman–Crippen LogP) is 3.59. The molecule has 0 saturated carbocycles. The van der Waals surface area contributed by atoms with Crippen molar-refractivity contribution in [2.24, 2.45) is 0 Å². The molecule has 7 heteroatoms. The number of hydrogen-bond donors (Lipinski definition) is 1. The van der Waals surface area contributed by atoms with Gasteiger partial charge in [-0.1, -0.05) is 12.1 Å². The zero-order valence-electron chi connectivity index (χ0n) is 12.7. The molecular formula is C17H14N4O2S. The van der Waals surface area contributed by atoms with E-state index < -0.39 is 0 Å². The zero-order chi connectivity index (χ0) is 16.4. The molecular weight excluding hydrogens is 324 g/mol. The molecule has 0 saturated heterocycles. The first-order chi connectivity index (χ1) is 11.8. The van der Waals surface area contributed by atoms with E-state index in [9.17, 15) is 0 Å². The van der Waals surface area contributed by atoms with Gasteiger partial charge in [0, 0.05) is 29.9 Å². The summed E-state index contributed by atoms with van der Waals surface area (Å²) in [4.78, 5) is 13.4. The van der Waals surface area contributed by atoms with Gasteiger partial charge in [-0.15, -0.1) is 17.9 Å². The Morgan fingerprint density at radius 3 is 3.00 bits per heavy atom. The maximum atomic E-state index is 5.47. The molecule has 0 amide bonds. The molecule has 120 valence electrons. The van der Waals surface area contributed by atoms with Crippen molar-refractivity contribution in [2.75, 3.05) is 18.7 Å². The van der Waals surface area contributed by atoms with Crippen molar-refractivity contribution in [3.05, 3.63) is 48.6 Å². The van der Waals surface area contributed by atoms with Crippen LogP contribution >= 0.6 is 11.3 Å². The molecule has 24 heavy (non-hydrogen) atoms. The molecule has 3 aromatic rings. The van der Waals surface area contributed by atoms with Gasteiger partial charge in [0.15, 0.2) is 11.5 Å². The molecule has 6 nitrogen and oxygen atoms in total. The van der Waals surface area contributed by atoms with Crippen molar-refractivity contribution in [2.45, 2.75) is 0 Å². The van der Waals surface area contributed by atoms with Crippen molar-refractivity contribution in [3.8, 4) is 33.3 Å². The first-order valence-corrected chi connectivity index (χ1v) is 8.25. The van der Waals surface area contributed by atoms with Gasteiger partial charge in [-0.3, -0.25) is 0 Å². The van der Waals surface area contributed by atoms with Crippen molar-refractivity contribution in [1.29, 1.82) is 0 Å². The van der Waals surface area contributed by atoms with Crippen LogP contribution < -0.4 is 14.8 Å². The molecule has 3 heterocycles. The summed E-state index contributed by atoms with van der Waals surface area (Å²) in [6.45, 7) is 4.54. The normalized spacial score (nSPS) is 12.2. The molecule has 1 aliphatic rings. The Balaban J connectivity index is 1.80. The molecule has 2 aromatic heterocycles. The molecule has 1 aliphatic heterocycles. The number of thiazole rings is 1. The van der Waals surface area contributed by atoms with Crippen molar-refractivity contribution in [3.63, 3.8) is 0 Å². The minimum Gasteiger partial charge on any atom is -0.454 e. The topological polar surface area (TPSA) is 69.2 Å². The largest absolute Gasteiger partial charge is 0.454 e. The number of rotatable bonds is 5. The lowest BCUT2D eigenvalue weighted by molar-refractivity contribution is 0.174. The molecule has 0 bridgehead atoms. The number of anilines is 1. The standard InChI is InChI=1S/C17H14N4O2S/c1-2-5-19-17-20-9-12(15(21-17)16-18-6-7-24-16)11-3-4-13-14(8-11)23-10-22-13/h2-4,6-9H,1,5,10H2,(H,19,20,21). The van der Waals surface area contributed by atoms with Crippen LogP contribution in [0.4, 0.5) is 5.95 Å². The van der Waals surface area contributed by atoms with Crippen LogP contribution in [0.25, 0.3) is 21.8 Å². The summed E-state index contributed by atoms with van der Waals surface area (Å²) in [5.74, 6) is 2.02. The highest BCUT2D eigenvalue weighted by Gasteiger charge is 2.18. The van der Waals surface area contributed by atoms with Crippen LogP contribution in [0.5, 0.6) is 11.5 Å². The molecule has 0 atom stereocenters. The summed E-state index contributed by atoms with van der Waals surface area (Å²) >= 11 is 1.54. The van der Waals surface area contributed by atoms with Gasteiger partial charge in [0.25, 0.3) is 0 Å². The van der Waals surface area contributed by atoms with E-state index in [2.05, 4.69) is 26.8 Å². The average molecular weight is 338 g/mol. The highest BCUT2D eigenvalue weighted by molar-refractivity contribution is 7.13. The number of fused-ring (bicyclic) bond motifs is 1. The maximum absolute atomic E-state index is 5.47. The van der Waals surface area contributed by atoms with E-state index in [1.54, 1.807) is 18.5 Å². The van der Waals surface area contributed by atoms with Crippen LogP contribution in [0.15, 0.2) is 48.6 Å².